The second kappa shape index (κ2) is 10.4. The zero-order valence-electron chi connectivity index (χ0n) is 20.6. The Morgan fingerprint density at radius 3 is 2.38 bits per heavy atom. The Bertz CT molecular complexity index is 1150. The summed E-state index contributed by atoms with van der Waals surface area (Å²) in [4.78, 5) is 27.7. The summed E-state index contributed by atoms with van der Waals surface area (Å²) in [6, 6.07) is 14.1. The summed E-state index contributed by atoms with van der Waals surface area (Å²) in [5.74, 6) is 0.308. The normalized spacial score (nSPS) is 15.1. The summed E-state index contributed by atoms with van der Waals surface area (Å²) in [7, 11) is 0. The summed E-state index contributed by atoms with van der Waals surface area (Å²) in [5.41, 5.74) is 4.54. The molecule has 7 nitrogen and oxygen atoms in total. The molecule has 1 aliphatic heterocycles. The molecular weight excluding hydrogens is 426 g/mol. The molecule has 0 bridgehead atoms. The number of aromatic nitrogens is 2. The van der Waals surface area contributed by atoms with Gasteiger partial charge in [-0.05, 0) is 76.7 Å². The van der Waals surface area contributed by atoms with Crippen LogP contribution in [0.3, 0.4) is 0 Å². The first kappa shape index (κ1) is 24.0. The summed E-state index contributed by atoms with van der Waals surface area (Å²) in [6.07, 6.45) is 1.91. The number of rotatable bonds is 7. The van der Waals surface area contributed by atoms with Gasteiger partial charge in [-0.3, -0.25) is 19.2 Å². The van der Waals surface area contributed by atoms with E-state index in [1.165, 1.54) is 0 Å². The average molecular weight is 462 g/mol. The number of nitrogens with zero attached hydrogens (tertiary/aromatic N) is 3. The van der Waals surface area contributed by atoms with Crippen molar-refractivity contribution in [2.45, 2.75) is 46.6 Å². The molecule has 1 saturated heterocycles. The van der Waals surface area contributed by atoms with E-state index in [-0.39, 0.29) is 17.9 Å². The number of nitrogens with one attached hydrogen (secondary N) is 2. The van der Waals surface area contributed by atoms with Gasteiger partial charge in [-0.1, -0.05) is 36.4 Å². The number of piperidine rings is 1. The van der Waals surface area contributed by atoms with Crippen molar-refractivity contribution in [2.75, 3.05) is 31.5 Å². The maximum atomic E-state index is 12.9. The molecule has 0 saturated carbocycles. The van der Waals surface area contributed by atoms with Crippen LogP contribution in [0.2, 0.25) is 0 Å². The number of carbonyl (C=O) groups excluding carboxylic acids is 2. The fourth-order valence-corrected chi connectivity index (χ4v) is 4.71. The molecule has 1 aliphatic rings. The number of benzene rings is 2. The highest BCUT2D eigenvalue weighted by molar-refractivity contribution is 6.04. The summed E-state index contributed by atoms with van der Waals surface area (Å²) >= 11 is 0. The van der Waals surface area contributed by atoms with Gasteiger partial charge in [0.25, 0.3) is 5.91 Å². The van der Waals surface area contributed by atoms with Crippen molar-refractivity contribution in [1.29, 1.82) is 0 Å². The second-order valence-corrected chi connectivity index (χ2v) is 9.65. The maximum Gasteiger partial charge on any atom is 0.272 e. The van der Waals surface area contributed by atoms with E-state index in [1.807, 2.05) is 61.0 Å². The molecule has 0 aliphatic carbocycles. The number of hydrogen-bond donors (Lipinski definition) is 2. The van der Waals surface area contributed by atoms with E-state index in [1.54, 1.807) is 0 Å². The van der Waals surface area contributed by atoms with Crippen LogP contribution in [0.5, 0.6) is 0 Å². The number of fused-ring (bicyclic) bond motifs is 1. The number of amides is 2. The lowest BCUT2D eigenvalue weighted by Crippen LogP contribution is -2.42. The maximum absolute atomic E-state index is 12.9. The molecule has 2 aromatic carbocycles. The van der Waals surface area contributed by atoms with Gasteiger partial charge in [0, 0.05) is 23.7 Å². The predicted octanol–water partition coefficient (Wildman–Crippen LogP) is 4.31. The first-order chi connectivity index (χ1) is 16.3. The lowest BCUT2D eigenvalue weighted by atomic mass is 9.96. The topological polar surface area (TPSA) is 79.3 Å². The highest BCUT2D eigenvalue weighted by Gasteiger charge is 2.23. The van der Waals surface area contributed by atoms with Gasteiger partial charge in [0.1, 0.15) is 0 Å². The molecule has 1 fully saturated rings. The predicted molar refractivity (Wildman–Crippen MR) is 136 cm³/mol. The van der Waals surface area contributed by atoms with Crippen LogP contribution in [-0.2, 0) is 4.79 Å². The highest BCUT2D eigenvalue weighted by Crippen LogP contribution is 2.23. The average Bonchev–Trinajstić information content (AvgIpc) is 3.21. The molecule has 1 aromatic heterocycles. The number of hydrogen-bond acceptors (Lipinski definition) is 4. The Hall–Kier alpha value is -3.19. The molecule has 0 spiro atoms. The fourth-order valence-electron chi connectivity index (χ4n) is 4.71. The molecule has 2 N–H and O–H groups in total. The largest absolute Gasteiger partial charge is 0.350 e. The van der Waals surface area contributed by atoms with Crippen molar-refractivity contribution in [1.82, 2.24) is 20.0 Å². The Balaban J connectivity index is 1.27. The van der Waals surface area contributed by atoms with Gasteiger partial charge in [0.05, 0.1) is 12.1 Å². The Morgan fingerprint density at radius 1 is 1.03 bits per heavy atom. The number of anilines is 1. The van der Waals surface area contributed by atoms with Crippen LogP contribution in [0.4, 0.5) is 5.69 Å². The molecule has 7 heteroatoms. The third-order valence-electron chi connectivity index (χ3n) is 6.69. The molecule has 0 radical (unpaired) electrons. The third kappa shape index (κ3) is 5.30. The SMILES string of the molecule is Cc1cccc(C)c1NC(=O)CN1CCC(CNC(=O)c2nn(C(C)C)c3ccccc23)CC1. The molecule has 2 heterocycles. The smallest absolute Gasteiger partial charge is 0.272 e. The molecule has 2 amide bonds. The zero-order chi connectivity index (χ0) is 24.2. The van der Waals surface area contributed by atoms with Gasteiger partial charge in [0.2, 0.25) is 5.91 Å². The van der Waals surface area contributed by atoms with Gasteiger partial charge in [-0.15, -0.1) is 0 Å². The molecule has 0 unspecified atom stereocenters. The van der Waals surface area contributed by atoms with Crippen LogP contribution in [0.15, 0.2) is 42.5 Å². The first-order valence-electron chi connectivity index (χ1n) is 12.2. The molecule has 180 valence electrons. The monoisotopic (exact) mass is 461 g/mol. The fraction of sp³-hybridized carbons (Fsp3) is 0.444. The van der Waals surface area contributed by atoms with E-state index in [9.17, 15) is 9.59 Å². The van der Waals surface area contributed by atoms with Crippen molar-refractivity contribution < 1.29 is 9.59 Å². The van der Waals surface area contributed by atoms with Crippen LogP contribution in [-0.4, -0.2) is 52.7 Å². The zero-order valence-corrected chi connectivity index (χ0v) is 20.6. The van der Waals surface area contributed by atoms with E-state index in [0.717, 1.165) is 53.6 Å². The van der Waals surface area contributed by atoms with Crippen molar-refractivity contribution in [3.8, 4) is 0 Å². The van der Waals surface area contributed by atoms with Crippen molar-refractivity contribution in [3.05, 3.63) is 59.3 Å². The van der Waals surface area contributed by atoms with Crippen molar-refractivity contribution in [2.24, 2.45) is 5.92 Å². The molecule has 4 rings (SSSR count). The van der Waals surface area contributed by atoms with Gasteiger partial charge in [0.15, 0.2) is 5.69 Å². The first-order valence-corrected chi connectivity index (χ1v) is 12.2. The van der Waals surface area contributed by atoms with Crippen LogP contribution >= 0.6 is 0 Å². The number of carbonyl (C=O) groups is 2. The van der Waals surface area contributed by atoms with Crippen LogP contribution in [0, 0.1) is 19.8 Å². The van der Waals surface area contributed by atoms with Crippen LogP contribution in [0.25, 0.3) is 10.9 Å². The summed E-state index contributed by atoms with van der Waals surface area (Å²) in [6.45, 7) is 10.9. The Morgan fingerprint density at radius 2 is 1.71 bits per heavy atom. The molecular formula is C27H35N5O2. The van der Waals surface area contributed by atoms with E-state index >= 15 is 0 Å². The number of para-hydroxylation sites is 2. The van der Waals surface area contributed by atoms with Crippen LogP contribution in [0.1, 0.15) is 54.3 Å². The van der Waals surface area contributed by atoms with Crippen LogP contribution < -0.4 is 10.6 Å². The van der Waals surface area contributed by atoms with Crippen molar-refractivity contribution >= 4 is 28.4 Å². The van der Waals surface area contributed by atoms with Crippen molar-refractivity contribution in [3.63, 3.8) is 0 Å². The minimum atomic E-state index is -0.119. The minimum Gasteiger partial charge on any atom is -0.350 e. The number of likely N-dealkylation sites (tertiary alicyclic amines) is 1. The minimum absolute atomic E-state index is 0.0248. The quantitative estimate of drug-likeness (QED) is 0.549. The van der Waals surface area contributed by atoms with Gasteiger partial charge >= 0.3 is 0 Å². The third-order valence-corrected chi connectivity index (χ3v) is 6.69. The molecule has 3 aromatic rings. The van der Waals surface area contributed by atoms with E-state index < -0.39 is 0 Å². The summed E-state index contributed by atoms with van der Waals surface area (Å²) < 4.78 is 1.91. The standard InChI is InChI=1S/C27H35N5O2/c1-18(2)32-23-11-6-5-10-22(23)26(30-32)27(34)28-16-21-12-14-31(15-13-21)17-24(33)29-25-19(3)8-7-9-20(25)4/h5-11,18,21H,12-17H2,1-4H3,(H,28,34)(H,29,33). The molecule has 0 atom stereocenters. The lowest BCUT2D eigenvalue weighted by molar-refractivity contribution is -0.117. The van der Waals surface area contributed by atoms with Gasteiger partial charge in [-0.25, -0.2) is 0 Å². The second-order valence-electron chi connectivity index (χ2n) is 9.65. The van der Waals surface area contributed by atoms with Gasteiger partial charge in [-0.2, -0.15) is 5.10 Å². The van der Waals surface area contributed by atoms with Gasteiger partial charge < -0.3 is 10.6 Å². The number of aryl methyl sites for hydroxylation is 2. The Kier molecular flexibility index (Phi) is 7.32. The van der Waals surface area contributed by atoms with E-state index in [0.29, 0.717) is 24.7 Å². The molecule has 34 heavy (non-hydrogen) atoms. The lowest BCUT2D eigenvalue weighted by Gasteiger charge is -2.31. The van der Waals surface area contributed by atoms with E-state index in [2.05, 4.69) is 34.5 Å². The summed E-state index contributed by atoms with van der Waals surface area (Å²) in [5, 5.41) is 11.7. The van der Waals surface area contributed by atoms with E-state index in [4.69, 9.17) is 0 Å². The Labute approximate surface area is 201 Å². The highest BCUT2D eigenvalue weighted by atomic mass is 16.2.